The standard InChI is InChI=1S/C7H14ClN/c1-4-9(5-2)7(3)6-8/h6H,4-5H2,1-3H3/b7-6+. The smallest absolute Gasteiger partial charge is 0.0231 e. The molecule has 0 saturated heterocycles. The van der Waals surface area contributed by atoms with Gasteiger partial charge in [0.05, 0.1) is 0 Å². The molecule has 0 aliphatic carbocycles. The van der Waals surface area contributed by atoms with Gasteiger partial charge in [-0.2, -0.15) is 0 Å². The third-order valence-electron chi connectivity index (χ3n) is 1.42. The number of nitrogens with zero attached hydrogens (tertiary/aromatic N) is 1. The summed E-state index contributed by atoms with van der Waals surface area (Å²) in [7, 11) is 0. The molecule has 0 bridgehead atoms. The Balaban J connectivity index is 3.79. The average Bonchev–Trinajstić information content (AvgIpc) is 1.90. The van der Waals surface area contributed by atoms with E-state index in [-0.39, 0.29) is 0 Å². The fourth-order valence-electron chi connectivity index (χ4n) is 0.791. The van der Waals surface area contributed by atoms with Gasteiger partial charge in [-0.3, -0.25) is 0 Å². The third kappa shape index (κ3) is 2.75. The summed E-state index contributed by atoms with van der Waals surface area (Å²) in [6, 6.07) is 0. The van der Waals surface area contributed by atoms with E-state index in [1.807, 2.05) is 6.92 Å². The highest BCUT2D eigenvalue weighted by Crippen LogP contribution is 2.02. The molecule has 0 amide bonds. The van der Waals surface area contributed by atoms with Crippen molar-refractivity contribution >= 4 is 11.6 Å². The molecule has 0 aliphatic rings. The Hall–Kier alpha value is -0.170. The first kappa shape index (κ1) is 8.83. The lowest BCUT2D eigenvalue weighted by Crippen LogP contribution is -2.19. The van der Waals surface area contributed by atoms with Crippen LogP contribution in [0.1, 0.15) is 20.8 Å². The molecule has 0 aromatic heterocycles. The second-order valence-corrected chi connectivity index (χ2v) is 2.14. The maximum absolute atomic E-state index is 5.50. The summed E-state index contributed by atoms with van der Waals surface area (Å²) in [5.41, 5.74) is 2.76. The molecule has 0 spiro atoms. The summed E-state index contributed by atoms with van der Waals surface area (Å²) < 4.78 is 0. The molecule has 0 saturated carbocycles. The van der Waals surface area contributed by atoms with Gasteiger partial charge in [-0.1, -0.05) is 11.6 Å². The zero-order valence-electron chi connectivity index (χ0n) is 6.32. The van der Waals surface area contributed by atoms with Crippen molar-refractivity contribution in [3.8, 4) is 0 Å². The topological polar surface area (TPSA) is 3.24 Å². The van der Waals surface area contributed by atoms with Gasteiger partial charge in [0, 0.05) is 24.3 Å². The van der Waals surface area contributed by atoms with E-state index >= 15 is 0 Å². The largest absolute Gasteiger partial charge is 0.375 e. The van der Waals surface area contributed by atoms with E-state index in [4.69, 9.17) is 11.6 Å². The number of allylic oxidation sites excluding steroid dienone is 1. The molecule has 0 aromatic carbocycles. The number of halogens is 1. The van der Waals surface area contributed by atoms with Crippen LogP contribution in [0.4, 0.5) is 0 Å². The predicted octanol–water partition coefficient (Wildman–Crippen LogP) is 2.43. The highest BCUT2D eigenvalue weighted by Gasteiger charge is 1.95. The summed E-state index contributed by atoms with van der Waals surface area (Å²) in [6.07, 6.45) is 0. The molecule has 0 rings (SSSR count). The quantitative estimate of drug-likeness (QED) is 0.593. The zero-order valence-corrected chi connectivity index (χ0v) is 7.07. The van der Waals surface area contributed by atoms with Gasteiger partial charge in [0.2, 0.25) is 0 Å². The van der Waals surface area contributed by atoms with E-state index in [9.17, 15) is 0 Å². The highest BCUT2D eigenvalue weighted by molar-refractivity contribution is 6.25. The van der Waals surface area contributed by atoms with Crippen LogP contribution in [0.25, 0.3) is 0 Å². The molecule has 0 aliphatic heterocycles. The van der Waals surface area contributed by atoms with Crippen LogP contribution in [0.15, 0.2) is 11.2 Å². The van der Waals surface area contributed by atoms with Crippen molar-refractivity contribution < 1.29 is 0 Å². The van der Waals surface area contributed by atoms with Crippen LogP contribution in [0.2, 0.25) is 0 Å². The average molecular weight is 148 g/mol. The fraction of sp³-hybridized carbons (Fsp3) is 0.714. The molecule has 9 heavy (non-hydrogen) atoms. The minimum atomic E-state index is 1.03. The summed E-state index contributed by atoms with van der Waals surface area (Å²) in [5, 5.41) is 0. The van der Waals surface area contributed by atoms with Crippen LogP contribution in [0.5, 0.6) is 0 Å². The molecule has 0 atom stereocenters. The molecule has 0 fully saturated rings. The Labute approximate surface area is 62.3 Å². The van der Waals surface area contributed by atoms with Crippen molar-refractivity contribution in [3.05, 3.63) is 11.2 Å². The van der Waals surface area contributed by atoms with Crippen molar-refractivity contribution in [2.75, 3.05) is 13.1 Å². The first-order chi connectivity index (χ1) is 4.26. The maximum Gasteiger partial charge on any atom is 0.0231 e. The molecule has 0 heterocycles. The summed E-state index contributed by atoms with van der Waals surface area (Å²) >= 11 is 5.50. The van der Waals surface area contributed by atoms with Gasteiger partial charge in [-0.15, -0.1) is 0 Å². The van der Waals surface area contributed by atoms with E-state index < -0.39 is 0 Å². The van der Waals surface area contributed by atoms with Crippen LogP contribution >= 0.6 is 11.6 Å². The zero-order chi connectivity index (χ0) is 7.28. The van der Waals surface area contributed by atoms with E-state index in [0.717, 1.165) is 18.8 Å². The molecule has 0 radical (unpaired) electrons. The second-order valence-electron chi connectivity index (χ2n) is 1.92. The van der Waals surface area contributed by atoms with E-state index in [0.29, 0.717) is 0 Å². The molecular formula is C7H14ClN. The number of hydrogen-bond donors (Lipinski definition) is 0. The van der Waals surface area contributed by atoms with E-state index in [2.05, 4.69) is 18.7 Å². The Morgan fingerprint density at radius 3 is 2.00 bits per heavy atom. The van der Waals surface area contributed by atoms with Crippen LogP contribution < -0.4 is 0 Å². The predicted molar refractivity (Wildman–Crippen MR) is 42.5 cm³/mol. The first-order valence-electron chi connectivity index (χ1n) is 3.28. The van der Waals surface area contributed by atoms with E-state index in [1.54, 1.807) is 5.54 Å². The first-order valence-corrected chi connectivity index (χ1v) is 3.71. The van der Waals surface area contributed by atoms with Gasteiger partial charge in [-0.25, -0.2) is 0 Å². The molecule has 0 unspecified atom stereocenters. The highest BCUT2D eigenvalue weighted by atomic mass is 35.5. The normalized spacial score (nSPS) is 11.8. The van der Waals surface area contributed by atoms with Gasteiger partial charge in [0.1, 0.15) is 0 Å². The Morgan fingerprint density at radius 1 is 1.44 bits per heavy atom. The van der Waals surface area contributed by atoms with Crippen LogP contribution in [-0.4, -0.2) is 18.0 Å². The summed E-state index contributed by atoms with van der Waals surface area (Å²) in [6.45, 7) is 8.32. The SMILES string of the molecule is CCN(CC)/C(C)=C/Cl. The lowest BCUT2D eigenvalue weighted by atomic mass is 10.4. The van der Waals surface area contributed by atoms with Crippen LogP contribution in [0.3, 0.4) is 0 Å². The van der Waals surface area contributed by atoms with Gasteiger partial charge >= 0.3 is 0 Å². The Morgan fingerprint density at radius 2 is 1.89 bits per heavy atom. The molecule has 2 heteroatoms. The Kier molecular flexibility index (Phi) is 4.60. The lowest BCUT2D eigenvalue weighted by molar-refractivity contribution is 0.384. The van der Waals surface area contributed by atoms with Crippen molar-refractivity contribution in [1.82, 2.24) is 4.90 Å². The van der Waals surface area contributed by atoms with Gasteiger partial charge < -0.3 is 4.90 Å². The molecule has 0 N–H and O–H groups in total. The molecular weight excluding hydrogens is 134 g/mol. The molecule has 54 valence electrons. The van der Waals surface area contributed by atoms with Gasteiger partial charge in [0.15, 0.2) is 0 Å². The summed E-state index contributed by atoms with van der Waals surface area (Å²) in [4.78, 5) is 2.20. The summed E-state index contributed by atoms with van der Waals surface area (Å²) in [5.74, 6) is 0. The van der Waals surface area contributed by atoms with Crippen molar-refractivity contribution in [1.29, 1.82) is 0 Å². The maximum atomic E-state index is 5.50. The van der Waals surface area contributed by atoms with Crippen molar-refractivity contribution in [2.24, 2.45) is 0 Å². The lowest BCUT2D eigenvalue weighted by Gasteiger charge is -2.20. The van der Waals surface area contributed by atoms with E-state index in [1.165, 1.54) is 0 Å². The second kappa shape index (κ2) is 4.68. The van der Waals surface area contributed by atoms with Crippen LogP contribution in [0, 0.1) is 0 Å². The molecule has 1 nitrogen and oxygen atoms in total. The van der Waals surface area contributed by atoms with Gasteiger partial charge in [0.25, 0.3) is 0 Å². The Bertz CT molecular complexity index is 95.1. The van der Waals surface area contributed by atoms with Gasteiger partial charge in [-0.05, 0) is 20.8 Å². The van der Waals surface area contributed by atoms with Crippen LogP contribution in [-0.2, 0) is 0 Å². The molecule has 0 aromatic rings. The minimum Gasteiger partial charge on any atom is -0.375 e. The third-order valence-corrected chi connectivity index (χ3v) is 1.74. The fourth-order valence-corrected chi connectivity index (χ4v) is 0.929. The van der Waals surface area contributed by atoms with Crippen molar-refractivity contribution in [2.45, 2.75) is 20.8 Å². The van der Waals surface area contributed by atoms with Crippen molar-refractivity contribution in [3.63, 3.8) is 0 Å². The number of hydrogen-bond acceptors (Lipinski definition) is 1. The minimum absolute atomic E-state index is 1.03. The monoisotopic (exact) mass is 147 g/mol. The number of rotatable bonds is 3.